The van der Waals surface area contributed by atoms with Crippen LogP contribution in [-0.4, -0.2) is 28.7 Å². The second-order valence-corrected chi connectivity index (χ2v) is 6.95. The number of anilines is 1. The van der Waals surface area contributed by atoms with Gasteiger partial charge in [0.25, 0.3) is 5.91 Å². The van der Waals surface area contributed by atoms with Crippen molar-refractivity contribution in [1.29, 1.82) is 0 Å². The number of carbonyl (C=O) groups is 2. The summed E-state index contributed by atoms with van der Waals surface area (Å²) in [7, 11) is 1.73. The second kappa shape index (κ2) is 7.30. The summed E-state index contributed by atoms with van der Waals surface area (Å²) in [5.74, 6) is 0.199. The van der Waals surface area contributed by atoms with Gasteiger partial charge in [0.05, 0.1) is 5.69 Å². The molecular weight excluding hydrogens is 322 g/mol. The average molecular weight is 347 g/mol. The van der Waals surface area contributed by atoms with Crippen molar-refractivity contribution in [2.45, 2.75) is 53.4 Å². The van der Waals surface area contributed by atoms with Crippen LogP contribution in [0.15, 0.2) is 5.38 Å². The largest absolute Gasteiger partial charge is 0.354 e. The predicted octanol–water partition coefficient (Wildman–Crippen LogP) is 4.33. The Morgan fingerprint density at radius 3 is 2.58 bits per heavy atom. The Hall–Kier alpha value is -1.95. The molecule has 0 saturated carbocycles. The van der Waals surface area contributed by atoms with Crippen molar-refractivity contribution in [2.24, 2.45) is 0 Å². The first-order valence-electron chi connectivity index (χ1n) is 8.27. The van der Waals surface area contributed by atoms with E-state index in [1.54, 1.807) is 11.9 Å². The zero-order chi connectivity index (χ0) is 18.0. The molecule has 0 aliphatic heterocycles. The van der Waals surface area contributed by atoms with Crippen LogP contribution < -0.4 is 4.90 Å². The van der Waals surface area contributed by atoms with Crippen molar-refractivity contribution in [3.05, 3.63) is 33.6 Å². The standard InChI is InChI=1S/C18H25N3O2S/c1-7-10(3)14-9-24-18(20-14)21(6)17(23)16-13(8-2)15(12(5)22)11(4)19-16/h9-10,19H,7-8H2,1-6H3. The molecule has 6 heteroatoms. The molecule has 0 aliphatic carbocycles. The summed E-state index contributed by atoms with van der Waals surface area (Å²) in [5, 5.41) is 2.68. The minimum Gasteiger partial charge on any atom is -0.354 e. The summed E-state index contributed by atoms with van der Waals surface area (Å²) in [5.41, 5.74) is 3.67. The highest BCUT2D eigenvalue weighted by atomic mass is 32.1. The number of nitrogens with zero attached hydrogens (tertiary/aromatic N) is 2. The molecule has 0 bridgehead atoms. The zero-order valence-corrected chi connectivity index (χ0v) is 16.0. The van der Waals surface area contributed by atoms with Crippen molar-refractivity contribution < 1.29 is 9.59 Å². The summed E-state index contributed by atoms with van der Waals surface area (Å²) in [6.07, 6.45) is 1.64. The Bertz CT molecular complexity index is 760. The molecule has 2 aromatic heterocycles. The average Bonchev–Trinajstić information content (AvgIpc) is 3.16. The molecule has 24 heavy (non-hydrogen) atoms. The number of carbonyl (C=O) groups excluding carboxylic acids is 2. The molecular formula is C18H25N3O2S. The number of aryl methyl sites for hydroxylation is 1. The van der Waals surface area contributed by atoms with Crippen LogP contribution >= 0.6 is 11.3 Å². The smallest absolute Gasteiger partial charge is 0.276 e. The van der Waals surface area contributed by atoms with E-state index in [1.807, 2.05) is 19.2 Å². The van der Waals surface area contributed by atoms with Gasteiger partial charge < -0.3 is 4.98 Å². The van der Waals surface area contributed by atoms with Gasteiger partial charge in [-0.3, -0.25) is 14.5 Å². The normalized spacial score (nSPS) is 12.2. The number of Topliss-reactive ketones (excluding diaryl/α,β-unsaturated/α-hetero) is 1. The number of thiazole rings is 1. The lowest BCUT2D eigenvalue weighted by molar-refractivity contribution is 0.0987. The highest BCUT2D eigenvalue weighted by Gasteiger charge is 2.25. The molecule has 0 aromatic carbocycles. The molecule has 0 spiro atoms. The van der Waals surface area contributed by atoms with E-state index in [0.29, 0.717) is 28.7 Å². The van der Waals surface area contributed by atoms with E-state index in [0.717, 1.165) is 23.4 Å². The molecule has 2 aromatic rings. The van der Waals surface area contributed by atoms with Crippen molar-refractivity contribution in [1.82, 2.24) is 9.97 Å². The van der Waals surface area contributed by atoms with Crippen molar-refractivity contribution in [2.75, 3.05) is 11.9 Å². The van der Waals surface area contributed by atoms with Gasteiger partial charge in [0, 0.05) is 23.7 Å². The van der Waals surface area contributed by atoms with Crippen LogP contribution in [-0.2, 0) is 6.42 Å². The number of aromatic nitrogens is 2. The zero-order valence-electron chi connectivity index (χ0n) is 15.2. The van der Waals surface area contributed by atoms with E-state index in [1.165, 1.54) is 18.3 Å². The van der Waals surface area contributed by atoms with E-state index in [9.17, 15) is 9.59 Å². The Morgan fingerprint density at radius 2 is 2.04 bits per heavy atom. The molecule has 0 aliphatic rings. The monoisotopic (exact) mass is 347 g/mol. The lowest BCUT2D eigenvalue weighted by Crippen LogP contribution is -2.27. The van der Waals surface area contributed by atoms with Gasteiger partial charge in [-0.2, -0.15) is 0 Å². The molecule has 0 fully saturated rings. The van der Waals surface area contributed by atoms with Crippen molar-refractivity contribution in [3.8, 4) is 0 Å². The number of nitrogens with one attached hydrogen (secondary N) is 1. The second-order valence-electron chi connectivity index (χ2n) is 6.12. The number of rotatable bonds is 6. The lowest BCUT2D eigenvalue weighted by Gasteiger charge is -2.14. The van der Waals surface area contributed by atoms with Crippen LogP contribution in [0.5, 0.6) is 0 Å². The fraction of sp³-hybridized carbons (Fsp3) is 0.500. The van der Waals surface area contributed by atoms with Gasteiger partial charge in [-0.1, -0.05) is 20.8 Å². The van der Waals surface area contributed by atoms with Gasteiger partial charge in [0.1, 0.15) is 5.69 Å². The highest BCUT2D eigenvalue weighted by molar-refractivity contribution is 7.14. The van der Waals surface area contributed by atoms with Gasteiger partial charge >= 0.3 is 0 Å². The molecule has 130 valence electrons. The van der Waals surface area contributed by atoms with Crippen LogP contribution in [0.2, 0.25) is 0 Å². The molecule has 1 amide bonds. The number of amides is 1. The minimum atomic E-state index is -0.160. The van der Waals surface area contributed by atoms with E-state index in [4.69, 9.17) is 0 Å². The topological polar surface area (TPSA) is 66.1 Å². The van der Waals surface area contributed by atoms with Crippen LogP contribution in [0.25, 0.3) is 0 Å². The van der Waals surface area contributed by atoms with Crippen LogP contribution in [0, 0.1) is 6.92 Å². The molecule has 1 atom stereocenters. The minimum absolute atomic E-state index is 0.0180. The summed E-state index contributed by atoms with van der Waals surface area (Å²) >= 11 is 1.47. The number of aromatic amines is 1. The van der Waals surface area contributed by atoms with Crippen LogP contribution in [0.1, 0.15) is 77.8 Å². The third-order valence-corrected chi connectivity index (χ3v) is 5.36. The first kappa shape index (κ1) is 18.4. The third kappa shape index (κ3) is 3.29. The molecule has 2 rings (SSSR count). The number of H-pyrrole nitrogens is 1. The van der Waals surface area contributed by atoms with Gasteiger partial charge in [-0.15, -0.1) is 11.3 Å². The quantitative estimate of drug-likeness (QED) is 0.791. The van der Waals surface area contributed by atoms with Gasteiger partial charge in [0.15, 0.2) is 10.9 Å². The van der Waals surface area contributed by atoms with E-state index in [-0.39, 0.29) is 11.7 Å². The maximum Gasteiger partial charge on any atom is 0.276 e. The molecule has 0 radical (unpaired) electrons. The summed E-state index contributed by atoms with van der Waals surface area (Å²) in [6.45, 7) is 9.57. The van der Waals surface area contributed by atoms with Crippen molar-refractivity contribution >= 4 is 28.2 Å². The Morgan fingerprint density at radius 1 is 1.38 bits per heavy atom. The fourth-order valence-electron chi connectivity index (χ4n) is 2.81. The maximum absolute atomic E-state index is 12.9. The molecule has 5 nitrogen and oxygen atoms in total. The number of hydrogen-bond donors (Lipinski definition) is 1. The van der Waals surface area contributed by atoms with E-state index in [2.05, 4.69) is 23.8 Å². The fourth-order valence-corrected chi connectivity index (χ4v) is 3.72. The maximum atomic E-state index is 12.9. The molecule has 1 unspecified atom stereocenters. The van der Waals surface area contributed by atoms with Crippen molar-refractivity contribution in [3.63, 3.8) is 0 Å². The Labute approximate surface area is 147 Å². The summed E-state index contributed by atoms with van der Waals surface area (Å²) in [4.78, 5) is 34.0. The highest BCUT2D eigenvalue weighted by Crippen LogP contribution is 2.28. The predicted molar refractivity (Wildman–Crippen MR) is 98.5 cm³/mol. The lowest BCUT2D eigenvalue weighted by atomic mass is 10.0. The number of hydrogen-bond acceptors (Lipinski definition) is 4. The van der Waals surface area contributed by atoms with E-state index >= 15 is 0 Å². The molecule has 0 saturated heterocycles. The SMILES string of the molecule is CCc1c(C(=O)N(C)c2nc(C(C)CC)cs2)[nH]c(C)c1C(C)=O. The van der Waals surface area contributed by atoms with Gasteiger partial charge in [-0.05, 0) is 38.2 Å². The number of ketones is 1. The van der Waals surface area contributed by atoms with Crippen LogP contribution in [0.4, 0.5) is 5.13 Å². The summed E-state index contributed by atoms with van der Waals surface area (Å²) in [6, 6.07) is 0. The van der Waals surface area contributed by atoms with Gasteiger partial charge in [-0.25, -0.2) is 4.98 Å². The Balaban J connectivity index is 2.36. The van der Waals surface area contributed by atoms with Crippen LogP contribution in [0.3, 0.4) is 0 Å². The third-order valence-electron chi connectivity index (χ3n) is 4.43. The van der Waals surface area contributed by atoms with Gasteiger partial charge in [0.2, 0.25) is 0 Å². The molecule has 1 N–H and O–H groups in total. The first-order valence-corrected chi connectivity index (χ1v) is 9.15. The summed E-state index contributed by atoms with van der Waals surface area (Å²) < 4.78 is 0. The Kier molecular flexibility index (Phi) is 5.59. The first-order chi connectivity index (χ1) is 11.3. The van der Waals surface area contributed by atoms with E-state index < -0.39 is 0 Å². The molecule has 2 heterocycles.